The third-order valence-electron chi connectivity index (χ3n) is 3.72. The maximum atomic E-state index is 12.1. The molecule has 8 heteroatoms. The van der Waals surface area contributed by atoms with Gasteiger partial charge in [0.2, 0.25) is 0 Å². The number of aromatic nitrogens is 1. The molecule has 1 heterocycles. The molecule has 27 heavy (non-hydrogen) atoms. The number of anilines is 2. The van der Waals surface area contributed by atoms with Crippen molar-refractivity contribution in [1.82, 2.24) is 4.98 Å². The average molecular weight is 382 g/mol. The van der Waals surface area contributed by atoms with E-state index in [2.05, 4.69) is 15.6 Å². The Bertz CT molecular complexity index is 860. The van der Waals surface area contributed by atoms with Gasteiger partial charge in [0.25, 0.3) is 5.91 Å². The van der Waals surface area contributed by atoms with Crippen LogP contribution in [0.3, 0.4) is 0 Å². The summed E-state index contributed by atoms with van der Waals surface area (Å²) in [5.74, 6) is -0.0603. The number of pyridine rings is 1. The van der Waals surface area contributed by atoms with Crippen LogP contribution in [0.4, 0.5) is 11.5 Å². The van der Waals surface area contributed by atoms with E-state index in [1.807, 2.05) is 18.2 Å². The van der Waals surface area contributed by atoms with Crippen molar-refractivity contribution >= 4 is 35.1 Å². The number of amides is 1. The Labute approximate surface area is 161 Å². The predicted molar refractivity (Wildman–Crippen MR) is 103 cm³/mol. The summed E-state index contributed by atoms with van der Waals surface area (Å²) >= 11 is 1.32. The fourth-order valence-corrected chi connectivity index (χ4v) is 2.91. The molecule has 0 aliphatic heterocycles. The average Bonchev–Trinajstić information content (AvgIpc) is 3.50. The third kappa shape index (κ3) is 5.72. The molecule has 7 nitrogen and oxygen atoms in total. The van der Waals surface area contributed by atoms with E-state index in [0.29, 0.717) is 11.7 Å². The maximum absolute atomic E-state index is 12.1. The highest BCUT2D eigenvalue weighted by atomic mass is 32.2. The molecule has 1 aromatic heterocycles. The summed E-state index contributed by atoms with van der Waals surface area (Å²) in [4.78, 5) is 29.1. The van der Waals surface area contributed by atoms with E-state index >= 15 is 0 Å². The minimum absolute atomic E-state index is 0.278. The van der Waals surface area contributed by atoms with Crippen LogP contribution in [0.1, 0.15) is 23.2 Å². The van der Waals surface area contributed by atoms with Gasteiger partial charge in [-0.05, 0) is 37.1 Å². The Morgan fingerprint density at radius 3 is 2.78 bits per heavy atom. The molecule has 0 atom stereocenters. The molecule has 1 aliphatic carbocycles. The van der Waals surface area contributed by atoms with Gasteiger partial charge in [0.1, 0.15) is 5.82 Å². The van der Waals surface area contributed by atoms with Gasteiger partial charge in [0.15, 0.2) is 6.61 Å². The molecule has 0 saturated heterocycles. The van der Waals surface area contributed by atoms with Crippen LogP contribution in [0.2, 0.25) is 0 Å². The number of para-hydroxylation sites is 1. The number of carbonyl (C=O) groups is 2. The van der Waals surface area contributed by atoms with Crippen molar-refractivity contribution in [2.24, 2.45) is 0 Å². The van der Waals surface area contributed by atoms with Crippen molar-refractivity contribution in [3.63, 3.8) is 0 Å². The van der Waals surface area contributed by atoms with Crippen LogP contribution in [-0.4, -0.2) is 35.3 Å². The molecule has 1 aromatic carbocycles. The van der Waals surface area contributed by atoms with Gasteiger partial charge in [0.05, 0.1) is 23.1 Å². The zero-order valence-corrected chi connectivity index (χ0v) is 15.3. The number of rotatable bonds is 8. The molecule has 0 unspecified atom stereocenters. The first-order valence-corrected chi connectivity index (χ1v) is 9.42. The molecule has 138 valence electrons. The quantitative estimate of drug-likeness (QED) is 0.534. The number of hydrogen-bond donors (Lipinski definition) is 2. The summed E-state index contributed by atoms with van der Waals surface area (Å²) < 4.78 is 5.05. The maximum Gasteiger partial charge on any atom is 0.340 e. The highest BCUT2D eigenvalue weighted by molar-refractivity contribution is 7.99. The van der Waals surface area contributed by atoms with E-state index in [-0.39, 0.29) is 11.3 Å². The number of nitrogens with one attached hydrogen (secondary N) is 2. The van der Waals surface area contributed by atoms with Crippen LogP contribution in [0.25, 0.3) is 0 Å². The molecule has 2 N–H and O–H groups in total. The van der Waals surface area contributed by atoms with Gasteiger partial charge in [0, 0.05) is 17.1 Å². The lowest BCUT2D eigenvalue weighted by Crippen LogP contribution is -2.21. The molecular weight excluding hydrogens is 364 g/mol. The zero-order valence-electron chi connectivity index (χ0n) is 14.5. The van der Waals surface area contributed by atoms with Crippen molar-refractivity contribution in [1.29, 1.82) is 5.26 Å². The van der Waals surface area contributed by atoms with Gasteiger partial charge in [-0.2, -0.15) is 5.26 Å². The van der Waals surface area contributed by atoms with E-state index in [1.54, 1.807) is 24.3 Å². The van der Waals surface area contributed by atoms with Crippen molar-refractivity contribution in [2.75, 3.05) is 23.0 Å². The number of nitrogens with zero attached hydrogens (tertiary/aromatic N) is 2. The lowest BCUT2D eigenvalue weighted by atomic mass is 10.3. The molecular formula is C19H18N4O3S. The van der Waals surface area contributed by atoms with E-state index in [0.717, 1.165) is 23.6 Å². The van der Waals surface area contributed by atoms with Crippen molar-refractivity contribution in [3.05, 3.63) is 48.2 Å². The number of thioether (sulfide) groups is 1. The molecule has 0 bridgehead atoms. The normalized spacial score (nSPS) is 12.7. The fraction of sp³-hybridized carbons (Fsp3) is 0.263. The first kappa shape index (κ1) is 18.7. The molecule has 1 amide bonds. The second kappa shape index (κ2) is 9.05. The lowest BCUT2D eigenvalue weighted by molar-refractivity contribution is -0.119. The van der Waals surface area contributed by atoms with Gasteiger partial charge >= 0.3 is 5.97 Å². The second-order valence-electron chi connectivity index (χ2n) is 5.92. The Morgan fingerprint density at radius 1 is 1.26 bits per heavy atom. The van der Waals surface area contributed by atoms with E-state index in [1.165, 1.54) is 18.0 Å². The van der Waals surface area contributed by atoms with Gasteiger partial charge in [-0.25, -0.2) is 9.78 Å². The summed E-state index contributed by atoms with van der Waals surface area (Å²) in [6.45, 7) is -0.405. The van der Waals surface area contributed by atoms with Crippen LogP contribution >= 0.6 is 11.8 Å². The number of nitriles is 1. The van der Waals surface area contributed by atoms with Crippen molar-refractivity contribution < 1.29 is 14.3 Å². The van der Waals surface area contributed by atoms with Gasteiger partial charge in [-0.1, -0.05) is 12.1 Å². The van der Waals surface area contributed by atoms with Crippen LogP contribution in [0.15, 0.2) is 47.5 Å². The summed E-state index contributed by atoms with van der Waals surface area (Å²) in [7, 11) is 0. The molecule has 2 aromatic rings. The molecule has 1 fully saturated rings. The van der Waals surface area contributed by atoms with E-state index in [9.17, 15) is 9.59 Å². The zero-order chi connectivity index (χ0) is 19.1. The highest BCUT2D eigenvalue weighted by Gasteiger charge is 2.21. The van der Waals surface area contributed by atoms with Gasteiger partial charge in [-0.3, -0.25) is 4.79 Å². The Kier molecular flexibility index (Phi) is 6.28. The molecule has 0 spiro atoms. The number of carbonyl (C=O) groups excluding carboxylic acids is 2. The second-order valence-corrected chi connectivity index (χ2v) is 6.94. The first-order chi connectivity index (χ1) is 13.2. The topological polar surface area (TPSA) is 104 Å². The predicted octanol–water partition coefficient (Wildman–Crippen LogP) is 3.07. The van der Waals surface area contributed by atoms with Crippen molar-refractivity contribution in [3.8, 4) is 6.07 Å². The third-order valence-corrected chi connectivity index (χ3v) is 4.66. The molecule has 3 rings (SSSR count). The first-order valence-electron chi connectivity index (χ1n) is 8.44. The highest BCUT2D eigenvalue weighted by Crippen LogP contribution is 2.26. The monoisotopic (exact) mass is 382 g/mol. The molecule has 0 radical (unpaired) electrons. The summed E-state index contributed by atoms with van der Waals surface area (Å²) in [5.41, 5.74) is 0.866. The smallest absolute Gasteiger partial charge is 0.340 e. The van der Waals surface area contributed by atoms with Crippen LogP contribution < -0.4 is 10.6 Å². The molecule has 1 aliphatic rings. The Hall–Kier alpha value is -3.05. The van der Waals surface area contributed by atoms with Crippen LogP contribution in [0, 0.1) is 11.3 Å². The van der Waals surface area contributed by atoms with Gasteiger partial charge in [-0.15, -0.1) is 11.8 Å². The Balaban J connectivity index is 1.50. The number of esters is 1. The largest absolute Gasteiger partial charge is 0.452 e. The minimum atomic E-state index is -0.609. The van der Waals surface area contributed by atoms with Gasteiger partial charge < -0.3 is 15.4 Å². The lowest BCUT2D eigenvalue weighted by Gasteiger charge is -2.10. The summed E-state index contributed by atoms with van der Waals surface area (Å²) in [6.07, 6.45) is 3.70. The van der Waals surface area contributed by atoms with Crippen LogP contribution in [0.5, 0.6) is 0 Å². The van der Waals surface area contributed by atoms with E-state index < -0.39 is 18.5 Å². The van der Waals surface area contributed by atoms with Crippen LogP contribution in [-0.2, 0) is 9.53 Å². The number of benzene rings is 1. The standard InChI is InChI=1S/C19H18N4O3S/c20-9-10-27-16-4-2-1-3-15(16)23-18(24)12-26-19(25)13-5-8-17(21-11-13)22-14-6-7-14/h1-5,8,11,14H,6-7,10,12H2,(H,21,22)(H,23,24). The van der Waals surface area contributed by atoms with Crippen molar-refractivity contribution in [2.45, 2.75) is 23.8 Å². The number of hydrogen-bond acceptors (Lipinski definition) is 7. The minimum Gasteiger partial charge on any atom is -0.452 e. The van der Waals surface area contributed by atoms with E-state index in [4.69, 9.17) is 10.00 Å². The summed E-state index contributed by atoms with van der Waals surface area (Å²) in [6, 6.07) is 13.0. The summed E-state index contributed by atoms with van der Waals surface area (Å²) in [5, 5.41) is 14.6. The fourth-order valence-electron chi connectivity index (χ4n) is 2.24. The SMILES string of the molecule is N#CCSc1ccccc1NC(=O)COC(=O)c1ccc(NC2CC2)nc1. The number of ether oxygens (including phenoxy) is 1. The Morgan fingerprint density at radius 2 is 2.07 bits per heavy atom. The molecule has 1 saturated carbocycles.